The van der Waals surface area contributed by atoms with Crippen LogP contribution in [0.2, 0.25) is 0 Å². The Morgan fingerprint density at radius 1 is 1.20 bits per heavy atom. The fourth-order valence-electron chi connectivity index (χ4n) is 3.69. The number of pyridine rings is 1. The second kappa shape index (κ2) is 10.2. The molecule has 4 rings (SSSR count). The van der Waals surface area contributed by atoms with Gasteiger partial charge >= 0.3 is 0 Å². The van der Waals surface area contributed by atoms with Crippen molar-refractivity contribution in [3.05, 3.63) is 98.8 Å². The number of fused-ring (bicyclic) bond motifs is 1. The van der Waals surface area contributed by atoms with E-state index >= 15 is 0 Å². The van der Waals surface area contributed by atoms with Crippen molar-refractivity contribution >= 4 is 39.5 Å². The average Bonchev–Trinajstić information content (AvgIpc) is 3.26. The summed E-state index contributed by atoms with van der Waals surface area (Å²) < 4.78 is 0. The van der Waals surface area contributed by atoms with Gasteiger partial charge in [0.15, 0.2) is 5.82 Å². The fourth-order valence-corrected chi connectivity index (χ4v) is 4.60. The largest absolute Gasteiger partial charge is 0.379 e. The lowest BCUT2D eigenvalue weighted by Gasteiger charge is -2.17. The van der Waals surface area contributed by atoms with Crippen molar-refractivity contribution in [2.75, 3.05) is 24.7 Å². The molecule has 0 saturated heterocycles. The Morgan fingerprint density at radius 3 is 2.74 bits per heavy atom. The summed E-state index contributed by atoms with van der Waals surface area (Å²) in [5, 5.41) is 20.4. The molecule has 0 unspecified atom stereocenters. The Morgan fingerprint density at radius 2 is 2.00 bits per heavy atom. The average molecular weight is 489 g/mol. The normalized spacial score (nSPS) is 11.3. The number of benzene rings is 2. The molecule has 0 aliphatic carbocycles. The molecule has 0 saturated carbocycles. The molecule has 9 nitrogen and oxygen atoms in total. The van der Waals surface area contributed by atoms with Gasteiger partial charge in [0.1, 0.15) is 4.88 Å². The lowest BCUT2D eigenvalue weighted by molar-refractivity contribution is -0.404. The first-order valence-electron chi connectivity index (χ1n) is 10.7. The number of thiophene rings is 1. The van der Waals surface area contributed by atoms with Crippen LogP contribution in [-0.2, 0) is 6.54 Å². The molecular formula is C25H24N6O3S. The molecule has 0 aliphatic rings. The van der Waals surface area contributed by atoms with Crippen LogP contribution in [0.15, 0.2) is 78.2 Å². The van der Waals surface area contributed by atoms with Crippen molar-refractivity contribution in [3.63, 3.8) is 0 Å². The van der Waals surface area contributed by atoms with Crippen molar-refractivity contribution in [2.24, 2.45) is 5.73 Å². The van der Waals surface area contributed by atoms with E-state index in [-0.39, 0.29) is 0 Å². The number of para-hydroxylation sites is 1. The number of hydrogen-bond donors (Lipinski definition) is 3. The van der Waals surface area contributed by atoms with E-state index < -0.39 is 10.8 Å². The number of carbonyl (C=O) groups excluding carboxylic acids is 1. The van der Waals surface area contributed by atoms with Crippen LogP contribution in [0.4, 0.5) is 11.4 Å². The smallest absolute Gasteiger partial charge is 0.274 e. The van der Waals surface area contributed by atoms with Gasteiger partial charge in [0.05, 0.1) is 16.1 Å². The molecule has 4 N–H and O–H groups in total. The van der Waals surface area contributed by atoms with Gasteiger partial charge in [0.2, 0.25) is 0 Å². The third kappa shape index (κ3) is 5.39. The SMILES string of the molecule is CN(C)C(=C[N+](=O)[O-])Nc1cccc(-c2csc(C(N)=O)c2NCc2ccnc3ccccc23)c1. The van der Waals surface area contributed by atoms with E-state index in [1.807, 2.05) is 60.0 Å². The zero-order valence-corrected chi connectivity index (χ0v) is 20.0. The van der Waals surface area contributed by atoms with Gasteiger partial charge in [-0.25, -0.2) is 0 Å². The van der Waals surface area contributed by atoms with E-state index in [9.17, 15) is 14.9 Å². The molecule has 2 heterocycles. The summed E-state index contributed by atoms with van der Waals surface area (Å²) in [6.45, 7) is 0.474. The summed E-state index contributed by atoms with van der Waals surface area (Å²) in [7, 11) is 3.43. The fraction of sp³-hybridized carbons (Fsp3) is 0.120. The van der Waals surface area contributed by atoms with Gasteiger partial charge < -0.3 is 21.3 Å². The first kappa shape index (κ1) is 23.7. The maximum atomic E-state index is 12.2. The number of nitrogens with one attached hydrogen (secondary N) is 2. The topological polar surface area (TPSA) is 126 Å². The predicted octanol–water partition coefficient (Wildman–Crippen LogP) is 4.72. The van der Waals surface area contributed by atoms with E-state index in [2.05, 4.69) is 15.6 Å². The molecule has 35 heavy (non-hydrogen) atoms. The van der Waals surface area contributed by atoms with Crippen molar-refractivity contribution in [1.29, 1.82) is 0 Å². The molecule has 178 valence electrons. The van der Waals surface area contributed by atoms with Crippen LogP contribution in [0, 0.1) is 10.1 Å². The Labute approximate surface area is 206 Å². The first-order valence-corrected chi connectivity index (χ1v) is 11.6. The molecule has 0 spiro atoms. The predicted molar refractivity (Wildman–Crippen MR) is 140 cm³/mol. The Kier molecular flexibility index (Phi) is 6.93. The lowest BCUT2D eigenvalue weighted by Crippen LogP contribution is -2.19. The summed E-state index contributed by atoms with van der Waals surface area (Å²) in [6, 6.07) is 17.3. The minimum absolute atomic E-state index is 0.332. The number of amides is 1. The molecule has 0 atom stereocenters. The zero-order valence-electron chi connectivity index (χ0n) is 19.2. The highest BCUT2D eigenvalue weighted by atomic mass is 32.1. The number of nitrogens with zero attached hydrogens (tertiary/aromatic N) is 3. The van der Waals surface area contributed by atoms with Crippen molar-refractivity contribution in [3.8, 4) is 11.1 Å². The molecule has 2 aromatic heterocycles. The number of hydrogen-bond acceptors (Lipinski definition) is 8. The highest BCUT2D eigenvalue weighted by molar-refractivity contribution is 7.13. The second-order valence-corrected chi connectivity index (χ2v) is 8.84. The lowest BCUT2D eigenvalue weighted by atomic mass is 10.0. The van der Waals surface area contributed by atoms with Crippen LogP contribution < -0.4 is 16.4 Å². The quantitative estimate of drug-likeness (QED) is 0.230. The van der Waals surface area contributed by atoms with E-state index in [1.165, 1.54) is 11.3 Å². The summed E-state index contributed by atoms with van der Waals surface area (Å²) >= 11 is 1.27. The molecule has 4 aromatic rings. The molecule has 0 radical (unpaired) electrons. The van der Waals surface area contributed by atoms with Crippen LogP contribution in [0.3, 0.4) is 0 Å². The summed E-state index contributed by atoms with van der Waals surface area (Å²) in [5.74, 6) is -0.181. The highest BCUT2D eigenvalue weighted by Crippen LogP contribution is 2.38. The Balaban J connectivity index is 1.67. The molecule has 1 amide bonds. The minimum Gasteiger partial charge on any atom is -0.379 e. The highest BCUT2D eigenvalue weighted by Gasteiger charge is 2.18. The number of nitrogens with two attached hydrogens (primary N) is 1. The summed E-state index contributed by atoms with van der Waals surface area (Å²) in [6.07, 6.45) is 2.67. The Bertz CT molecular complexity index is 1420. The minimum atomic E-state index is -0.513. The zero-order chi connectivity index (χ0) is 24.9. The van der Waals surface area contributed by atoms with Gasteiger partial charge in [-0.3, -0.25) is 19.9 Å². The van der Waals surface area contributed by atoms with Gasteiger partial charge in [0.25, 0.3) is 12.1 Å². The van der Waals surface area contributed by atoms with Crippen LogP contribution in [0.1, 0.15) is 15.2 Å². The molecule has 0 aliphatic heterocycles. The molecule has 0 bridgehead atoms. The molecule has 10 heteroatoms. The monoisotopic (exact) mass is 488 g/mol. The van der Waals surface area contributed by atoms with E-state index in [1.54, 1.807) is 25.2 Å². The number of anilines is 2. The van der Waals surface area contributed by atoms with Gasteiger partial charge in [-0.2, -0.15) is 0 Å². The standard InChI is InChI=1S/C25H24N6O3S/c1-30(2)22(14-31(33)34)29-18-7-5-6-16(12-18)20-15-35-24(25(26)32)23(20)28-13-17-10-11-27-21-9-4-3-8-19(17)21/h3-12,14-15,28-29H,13H2,1-2H3,(H2,26,32). The van der Waals surface area contributed by atoms with Crippen LogP contribution in [0.25, 0.3) is 22.0 Å². The van der Waals surface area contributed by atoms with Crippen molar-refractivity contribution in [1.82, 2.24) is 9.88 Å². The number of primary amides is 1. The van der Waals surface area contributed by atoms with E-state index in [0.29, 0.717) is 28.6 Å². The second-order valence-electron chi connectivity index (χ2n) is 7.96. The van der Waals surface area contributed by atoms with Crippen LogP contribution in [0.5, 0.6) is 0 Å². The van der Waals surface area contributed by atoms with E-state index in [4.69, 9.17) is 5.73 Å². The Hall–Kier alpha value is -4.44. The molecular weight excluding hydrogens is 464 g/mol. The summed E-state index contributed by atoms with van der Waals surface area (Å²) in [4.78, 5) is 29.1. The van der Waals surface area contributed by atoms with Gasteiger partial charge in [-0.05, 0) is 35.4 Å². The van der Waals surface area contributed by atoms with Gasteiger partial charge in [0, 0.05) is 48.9 Å². The third-order valence-corrected chi connectivity index (χ3v) is 6.36. The van der Waals surface area contributed by atoms with Crippen LogP contribution >= 0.6 is 11.3 Å². The number of nitro groups is 1. The number of carbonyl (C=O) groups is 1. The maximum Gasteiger partial charge on any atom is 0.274 e. The number of rotatable bonds is 9. The van der Waals surface area contributed by atoms with E-state index in [0.717, 1.165) is 33.8 Å². The van der Waals surface area contributed by atoms with Gasteiger partial charge in [-0.1, -0.05) is 30.3 Å². The van der Waals surface area contributed by atoms with Crippen molar-refractivity contribution < 1.29 is 9.72 Å². The number of aromatic nitrogens is 1. The third-order valence-electron chi connectivity index (χ3n) is 5.37. The summed E-state index contributed by atoms with van der Waals surface area (Å²) in [5.41, 5.74) is 10.6. The van der Waals surface area contributed by atoms with Gasteiger partial charge in [-0.15, -0.1) is 11.3 Å². The maximum absolute atomic E-state index is 12.2. The van der Waals surface area contributed by atoms with Crippen molar-refractivity contribution in [2.45, 2.75) is 6.54 Å². The first-order chi connectivity index (χ1) is 16.8. The molecule has 0 fully saturated rings. The molecule has 2 aromatic carbocycles. The van der Waals surface area contributed by atoms with Crippen LogP contribution in [-0.4, -0.2) is 34.8 Å².